The molecule has 0 radical (unpaired) electrons. The number of carbonyl (C=O) groups excluding carboxylic acids is 2. The van der Waals surface area contributed by atoms with Crippen molar-refractivity contribution in [3.05, 3.63) is 71.2 Å². The highest BCUT2D eigenvalue weighted by Gasteiger charge is 2.21. The summed E-state index contributed by atoms with van der Waals surface area (Å²) in [6.45, 7) is 1.40. The van der Waals surface area contributed by atoms with Gasteiger partial charge in [0.25, 0.3) is 5.91 Å². The summed E-state index contributed by atoms with van der Waals surface area (Å²) < 4.78 is 24.2. The molecule has 2 aromatic carbocycles. The molecule has 1 amide bonds. The Hall–Kier alpha value is -3.15. The molecule has 6 heteroatoms. The van der Waals surface area contributed by atoms with E-state index in [4.69, 9.17) is 9.15 Å². The molecule has 0 fully saturated rings. The Morgan fingerprint density at radius 1 is 1.12 bits per heavy atom. The normalized spacial score (nSPS) is 10.7. The SMILES string of the molecule is Cc1c(C(=O)OCC(=O)N(C)Cc2ccccc2F)oc2ccccc12. The number of para-hydroxylation sites is 1. The van der Waals surface area contributed by atoms with E-state index in [1.165, 1.54) is 18.0 Å². The molecule has 1 heterocycles. The zero-order chi connectivity index (χ0) is 18.7. The number of carbonyl (C=O) groups is 2. The van der Waals surface area contributed by atoms with Crippen LogP contribution in [0.15, 0.2) is 52.9 Å². The number of fused-ring (bicyclic) bond motifs is 1. The first-order valence-electron chi connectivity index (χ1n) is 8.10. The summed E-state index contributed by atoms with van der Waals surface area (Å²) in [4.78, 5) is 25.7. The highest BCUT2D eigenvalue weighted by molar-refractivity contribution is 5.96. The Labute approximate surface area is 150 Å². The predicted octanol–water partition coefficient (Wildman–Crippen LogP) is 3.70. The van der Waals surface area contributed by atoms with Crippen LogP contribution in [0.2, 0.25) is 0 Å². The van der Waals surface area contributed by atoms with E-state index in [0.29, 0.717) is 16.7 Å². The van der Waals surface area contributed by atoms with Crippen LogP contribution in [-0.2, 0) is 16.1 Å². The number of furan rings is 1. The molecule has 134 valence electrons. The van der Waals surface area contributed by atoms with Crippen molar-refractivity contribution in [1.82, 2.24) is 4.90 Å². The number of likely N-dealkylation sites (N-methyl/N-ethyl adjacent to an activating group) is 1. The van der Waals surface area contributed by atoms with Crippen molar-refractivity contribution in [2.75, 3.05) is 13.7 Å². The van der Waals surface area contributed by atoms with Crippen LogP contribution in [0.1, 0.15) is 21.7 Å². The summed E-state index contributed by atoms with van der Waals surface area (Å²) >= 11 is 0. The van der Waals surface area contributed by atoms with Crippen LogP contribution in [-0.4, -0.2) is 30.4 Å². The standard InChI is InChI=1S/C20H18FNO4/c1-13-15-8-4-6-10-17(15)26-19(13)20(24)25-12-18(23)22(2)11-14-7-3-5-9-16(14)21/h3-10H,11-12H2,1-2H3. The lowest BCUT2D eigenvalue weighted by molar-refractivity contribution is -0.133. The number of rotatable bonds is 5. The number of hydrogen-bond acceptors (Lipinski definition) is 4. The zero-order valence-electron chi connectivity index (χ0n) is 14.5. The Kier molecular flexibility index (Phi) is 5.02. The maximum absolute atomic E-state index is 13.7. The molecule has 0 aliphatic carbocycles. The summed E-state index contributed by atoms with van der Waals surface area (Å²) in [6.07, 6.45) is 0. The molecule has 0 saturated carbocycles. The molecule has 0 saturated heterocycles. The fourth-order valence-corrected chi connectivity index (χ4v) is 2.64. The third-order valence-electron chi connectivity index (χ3n) is 4.15. The van der Waals surface area contributed by atoms with E-state index in [-0.39, 0.29) is 18.1 Å². The van der Waals surface area contributed by atoms with Gasteiger partial charge in [0.2, 0.25) is 5.76 Å². The molecule has 5 nitrogen and oxygen atoms in total. The lowest BCUT2D eigenvalue weighted by Crippen LogP contribution is -2.31. The van der Waals surface area contributed by atoms with Gasteiger partial charge in [-0.15, -0.1) is 0 Å². The number of aryl methyl sites for hydroxylation is 1. The average molecular weight is 355 g/mol. The van der Waals surface area contributed by atoms with E-state index in [9.17, 15) is 14.0 Å². The van der Waals surface area contributed by atoms with Crippen LogP contribution in [0.25, 0.3) is 11.0 Å². The summed E-state index contributed by atoms with van der Waals surface area (Å²) in [5.74, 6) is -1.44. The molecule has 0 unspecified atom stereocenters. The first kappa shape index (κ1) is 17.7. The van der Waals surface area contributed by atoms with Crippen LogP contribution >= 0.6 is 0 Å². The molecular weight excluding hydrogens is 337 g/mol. The van der Waals surface area contributed by atoms with Crippen molar-refractivity contribution < 1.29 is 23.1 Å². The second-order valence-corrected chi connectivity index (χ2v) is 5.97. The minimum Gasteiger partial charge on any atom is -0.450 e. The Balaban J connectivity index is 1.62. The summed E-state index contributed by atoms with van der Waals surface area (Å²) in [7, 11) is 1.52. The third-order valence-corrected chi connectivity index (χ3v) is 4.15. The van der Waals surface area contributed by atoms with Crippen molar-refractivity contribution in [3.63, 3.8) is 0 Å². The molecule has 3 aromatic rings. The van der Waals surface area contributed by atoms with Gasteiger partial charge in [0.1, 0.15) is 11.4 Å². The number of nitrogens with zero attached hydrogens (tertiary/aromatic N) is 1. The average Bonchev–Trinajstić information content (AvgIpc) is 2.98. The minimum absolute atomic E-state index is 0.0794. The summed E-state index contributed by atoms with van der Waals surface area (Å²) in [5, 5.41) is 0.822. The van der Waals surface area contributed by atoms with Crippen molar-refractivity contribution in [3.8, 4) is 0 Å². The maximum atomic E-state index is 13.7. The smallest absolute Gasteiger partial charge is 0.375 e. The van der Waals surface area contributed by atoms with Gasteiger partial charge in [0.15, 0.2) is 6.61 Å². The van der Waals surface area contributed by atoms with Gasteiger partial charge in [-0.25, -0.2) is 9.18 Å². The third kappa shape index (κ3) is 3.59. The lowest BCUT2D eigenvalue weighted by atomic mass is 10.1. The van der Waals surface area contributed by atoms with Gasteiger partial charge in [-0.3, -0.25) is 4.79 Å². The molecule has 0 aliphatic rings. The molecule has 0 spiro atoms. The van der Waals surface area contributed by atoms with Gasteiger partial charge in [0, 0.05) is 30.1 Å². The van der Waals surface area contributed by atoms with Gasteiger partial charge in [-0.2, -0.15) is 0 Å². The second-order valence-electron chi connectivity index (χ2n) is 5.97. The Morgan fingerprint density at radius 3 is 2.54 bits per heavy atom. The van der Waals surface area contributed by atoms with E-state index < -0.39 is 18.5 Å². The monoisotopic (exact) mass is 355 g/mol. The number of ether oxygens (including phenoxy) is 1. The van der Waals surface area contributed by atoms with E-state index >= 15 is 0 Å². The Morgan fingerprint density at radius 2 is 1.81 bits per heavy atom. The van der Waals surface area contributed by atoms with Crippen LogP contribution in [0.3, 0.4) is 0 Å². The molecule has 3 rings (SSSR count). The van der Waals surface area contributed by atoms with Crippen LogP contribution in [0.5, 0.6) is 0 Å². The minimum atomic E-state index is -0.702. The fraction of sp³-hybridized carbons (Fsp3) is 0.200. The van der Waals surface area contributed by atoms with E-state index in [2.05, 4.69) is 0 Å². The summed E-state index contributed by atoms with van der Waals surface area (Å²) in [6, 6.07) is 13.5. The molecule has 0 aliphatic heterocycles. The van der Waals surface area contributed by atoms with Crippen molar-refractivity contribution >= 4 is 22.8 Å². The second kappa shape index (κ2) is 7.39. The van der Waals surface area contributed by atoms with Crippen LogP contribution in [0.4, 0.5) is 4.39 Å². The predicted molar refractivity (Wildman–Crippen MR) is 94.1 cm³/mol. The largest absolute Gasteiger partial charge is 0.450 e. The molecule has 0 N–H and O–H groups in total. The van der Waals surface area contributed by atoms with Crippen molar-refractivity contribution in [2.45, 2.75) is 13.5 Å². The highest BCUT2D eigenvalue weighted by atomic mass is 19.1. The molecule has 0 bridgehead atoms. The quantitative estimate of drug-likeness (QED) is 0.655. The lowest BCUT2D eigenvalue weighted by Gasteiger charge is -2.17. The number of esters is 1. The van der Waals surface area contributed by atoms with Crippen molar-refractivity contribution in [2.24, 2.45) is 0 Å². The first-order valence-corrected chi connectivity index (χ1v) is 8.10. The van der Waals surface area contributed by atoms with Gasteiger partial charge < -0.3 is 14.1 Å². The van der Waals surface area contributed by atoms with Crippen LogP contribution < -0.4 is 0 Å². The van der Waals surface area contributed by atoms with Gasteiger partial charge in [-0.05, 0) is 19.1 Å². The van der Waals surface area contributed by atoms with Crippen LogP contribution in [0, 0.1) is 12.7 Å². The van der Waals surface area contributed by atoms with E-state index in [1.54, 1.807) is 31.2 Å². The molecule has 1 aromatic heterocycles. The number of benzene rings is 2. The Bertz CT molecular complexity index is 963. The highest BCUT2D eigenvalue weighted by Crippen LogP contribution is 2.25. The van der Waals surface area contributed by atoms with E-state index in [1.807, 2.05) is 18.2 Å². The first-order chi connectivity index (χ1) is 12.5. The van der Waals surface area contributed by atoms with Gasteiger partial charge in [0.05, 0.1) is 0 Å². The summed E-state index contributed by atoms with van der Waals surface area (Å²) in [5.41, 5.74) is 1.64. The number of halogens is 1. The maximum Gasteiger partial charge on any atom is 0.375 e. The molecule has 0 atom stereocenters. The van der Waals surface area contributed by atoms with Gasteiger partial charge >= 0.3 is 5.97 Å². The van der Waals surface area contributed by atoms with Crippen molar-refractivity contribution in [1.29, 1.82) is 0 Å². The van der Waals surface area contributed by atoms with Gasteiger partial charge in [-0.1, -0.05) is 36.4 Å². The topological polar surface area (TPSA) is 59.8 Å². The van der Waals surface area contributed by atoms with E-state index in [0.717, 1.165) is 5.39 Å². The zero-order valence-corrected chi connectivity index (χ0v) is 14.5. The molecular formula is C20H18FNO4. The fourth-order valence-electron chi connectivity index (χ4n) is 2.64. The molecule has 26 heavy (non-hydrogen) atoms. The number of hydrogen-bond donors (Lipinski definition) is 0. The number of amides is 1.